The molecule has 5 heteroatoms. The van der Waals surface area contributed by atoms with Crippen LogP contribution >= 0.6 is 0 Å². The second-order valence-electron chi connectivity index (χ2n) is 4.23. The van der Waals surface area contributed by atoms with Gasteiger partial charge in [0.15, 0.2) is 0 Å². The Morgan fingerprint density at radius 1 is 1.39 bits per heavy atom. The minimum Gasteiger partial charge on any atom is -0.495 e. The van der Waals surface area contributed by atoms with Gasteiger partial charge in [0.05, 0.1) is 26.0 Å². The predicted octanol–water partition coefficient (Wildman–Crippen LogP) is 1.87. The Bertz CT molecular complexity index is 428. The lowest BCUT2D eigenvalue weighted by atomic mass is 10.2. The van der Waals surface area contributed by atoms with Crippen LogP contribution in [0.15, 0.2) is 18.2 Å². The molecule has 18 heavy (non-hydrogen) atoms. The summed E-state index contributed by atoms with van der Waals surface area (Å²) in [6, 6.07) is 5.59. The lowest BCUT2D eigenvalue weighted by Gasteiger charge is -2.27. The molecule has 0 saturated carbocycles. The zero-order valence-electron chi connectivity index (χ0n) is 10.7. The molecular formula is C13H18N2O3. The molecule has 0 aliphatic carbocycles. The van der Waals surface area contributed by atoms with Gasteiger partial charge in [-0.2, -0.15) is 0 Å². The molecule has 5 nitrogen and oxygen atoms in total. The van der Waals surface area contributed by atoms with Gasteiger partial charge in [0.1, 0.15) is 5.75 Å². The first kappa shape index (κ1) is 12.7. The molecule has 98 valence electrons. The molecule has 1 heterocycles. The van der Waals surface area contributed by atoms with E-state index in [0.29, 0.717) is 37.7 Å². The lowest BCUT2D eigenvalue weighted by molar-refractivity contribution is 0.0564. The summed E-state index contributed by atoms with van der Waals surface area (Å²) in [6.07, 6.45) is 0. The number of hydrogen-bond donors (Lipinski definition) is 1. The van der Waals surface area contributed by atoms with Crippen LogP contribution in [0.4, 0.5) is 10.5 Å². The summed E-state index contributed by atoms with van der Waals surface area (Å²) in [7, 11) is 1.59. The molecule has 0 aromatic heterocycles. The number of carbonyl (C=O) groups excluding carboxylic acids is 1. The van der Waals surface area contributed by atoms with Crippen molar-refractivity contribution in [3.8, 4) is 5.75 Å². The second kappa shape index (κ2) is 5.73. The van der Waals surface area contributed by atoms with Gasteiger partial charge in [-0.05, 0) is 24.6 Å². The van der Waals surface area contributed by atoms with Crippen molar-refractivity contribution in [1.29, 1.82) is 0 Å². The summed E-state index contributed by atoms with van der Waals surface area (Å²) in [5.41, 5.74) is 1.78. The van der Waals surface area contributed by atoms with E-state index in [1.807, 2.05) is 25.1 Å². The number of aryl methyl sites for hydroxylation is 1. The predicted molar refractivity (Wildman–Crippen MR) is 69.1 cm³/mol. The molecule has 1 fully saturated rings. The number of nitrogens with one attached hydrogen (secondary N) is 1. The van der Waals surface area contributed by atoms with Crippen molar-refractivity contribution < 1.29 is 14.3 Å². The molecule has 1 saturated heterocycles. The standard InChI is InChI=1S/C13H18N2O3/c1-10-3-4-12(17-2)11(9-10)14-13(16)15-5-7-18-8-6-15/h3-4,9H,5-8H2,1-2H3,(H,14,16). The van der Waals surface area contributed by atoms with Gasteiger partial charge >= 0.3 is 6.03 Å². The number of methoxy groups -OCH3 is 1. The van der Waals surface area contributed by atoms with Gasteiger partial charge in [0, 0.05) is 13.1 Å². The molecule has 0 unspecified atom stereocenters. The van der Waals surface area contributed by atoms with Crippen LogP contribution in [0.5, 0.6) is 5.75 Å². The van der Waals surface area contributed by atoms with Crippen LogP contribution in [0.1, 0.15) is 5.56 Å². The average Bonchev–Trinajstić information content (AvgIpc) is 2.40. The van der Waals surface area contributed by atoms with E-state index < -0.39 is 0 Å². The SMILES string of the molecule is COc1ccc(C)cc1NC(=O)N1CCOCC1. The van der Waals surface area contributed by atoms with E-state index in [9.17, 15) is 4.79 Å². The Kier molecular flexibility index (Phi) is 4.04. The molecule has 1 aromatic carbocycles. The summed E-state index contributed by atoms with van der Waals surface area (Å²) >= 11 is 0. The number of urea groups is 1. The van der Waals surface area contributed by atoms with Crippen LogP contribution in [-0.4, -0.2) is 44.3 Å². The van der Waals surface area contributed by atoms with E-state index in [-0.39, 0.29) is 6.03 Å². The molecule has 0 atom stereocenters. The Hall–Kier alpha value is -1.75. The first-order chi connectivity index (χ1) is 8.70. The molecule has 1 aromatic rings. The quantitative estimate of drug-likeness (QED) is 0.871. The third kappa shape index (κ3) is 2.92. The van der Waals surface area contributed by atoms with Crippen molar-refractivity contribution in [1.82, 2.24) is 4.90 Å². The van der Waals surface area contributed by atoms with Gasteiger partial charge < -0.3 is 19.7 Å². The number of hydrogen-bond acceptors (Lipinski definition) is 3. The van der Waals surface area contributed by atoms with Crippen LogP contribution in [0.25, 0.3) is 0 Å². The van der Waals surface area contributed by atoms with E-state index in [1.54, 1.807) is 12.0 Å². The number of carbonyl (C=O) groups is 1. The van der Waals surface area contributed by atoms with Crippen molar-refractivity contribution in [2.24, 2.45) is 0 Å². The third-order valence-electron chi connectivity index (χ3n) is 2.89. The molecule has 2 rings (SSSR count). The maximum absolute atomic E-state index is 12.1. The van der Waals surface area contributed by atoms with Crippen LogP contribution in [0.3, 0.4) is 0 Å². The van der Waals surface area contributed by atoms with E-state index in [2.05, 4.69) is 5.32 Å². The Morgan fingerprint density at radius 3 is 2.78 bits per heavy atom. The number of nitrogens with zero attached hydrogens (tertiary/aromatic N) is 1. The van der Waals surface area contributed by atoms with Crippen molar-refractivity contribution in [2.45, 2.75) is 6.92 Å². The van der Waals surface area contributed by atoms with Crippen molar-refractivity contribution in [2.75, 3.05) is 38.7 Å². The first-order valence-corrected chi connectivity index (χ1v) is 5.99. The van der Waals surface area contributed by atoms with Crippen LogP contribution in [0, 0.1) is 6.92 Å². The molecule has 1 N–H and O–H groups in total. The summed E-state index contributed by atoms with van der Waals surface area (Å²) in [5, 5.41) is 2.88. The van der Waals surface area contributed by atoms with Crippen molar-refractivity contribution in [3.63, 3.8) is 0 Å². The Morgan fingerprint density at radius 2 is 2.11 bits per heavy atom. The first-order valence-electron chi connectivity index (χ1n) is 5.99. The number of ether oxygens (including phenoxy) is 2. The fourth-order valence-electron chi connectivity index (χ4n) is 1.88. The van der Waals surface area contributed by atoms with Gasteiger partial charge in [-0.1, -0.05) is 6.07 Å². The second-order valence-corrected chi connectivity index (χ2v) is 4.23. The largest absolute Gasteiger partial charge is 0.495 e. The summed E-state index contributed by atoms with van der Waals surface area (Å²) in [5.74, 6) is 0.669. The van der Waals surface area contributed by atoms with E-state index in [0.717, 1.165) is 5.56 Å². The Balaban J connectivity index is 2.07. The highest BCUT2D eigenvalue weighted by atomic mass is 16.5. The number of rotatable bonds is 2. The number of benzene rings is 1. The minimum atomic E-state index is -0.109. The average molecular weight is 250 g/mol. The maximum Gasteiger partial charge on any atom is 0.322 e. The van der Waals surface area contributed by atoms with Gasteiger partial charge in [-0.15, -0.1) is 0 Å². The monoisotopic (exact) mass is 250 g/mol. The van der Waals surface area contributed by atoms with Crippen LogP contribution < -0.4 is 10.1 Å². The van der Waals surface area contributed by atoms with Crippen molar-refractivity contribution in [3.05, 3.63) is 23.8 Å². The summed E-state index contributed by atoms with van der Waals surface area (Å²) in [4.78, 5) is 13.8. The minimum absolute atomic E-state index is 0.109. The molecule has 0 bridgehead atoms. The fourth-order valence-corrected chi connectivity index (χ4v) is 1.88. The lowest BCUT2D eigenvalue weighted by Crippen LogP contribution is -2.43. The zero-order chi connectivity index (χ0) is 13.0. The molecule has 1 aliphatic heterocycles. The van der Waals surface area contributed by atoms with E-state index >= 15 is 0 Å². The number of amides is 2. The highest BCUT2D eigenvalue weighted by molar-refractivity contribution is 5.91. The molecule has 1 aliphatic rings. The van der Waals surface area contributed by atoms with E-state index in [4.69, 9.17) is 9.47 Å². The number of morpholine rings is 1. The van der Waals surface area contributed by atoms with Gasteiger partial charge in [-0.25, -0.2) is 4.79 Å². The van der Waals surface area contributed by atoms with E-state index in [1.165, 1.54) is 0 Å². The smallest absolute Gasteiger partial charge is 0.322 e. The summed E-state index contributed by atoms with van der Waals surface area (Å²) < 4.78 is 10.4. The molecule has 0 spiro atoms. The van der Waals surface area contributed by atoms with Crippen molar-refractivity contribution >= 4 is 11.7 Å². The van der Waals surface area contributed by atoms with Crippen LogP contribution in [-0.2, 0) is 4.74 Å². The summed E-state index contributed by atoms with van der Waals surface area (Å²) in [6.45, 7) is 4.42. The molecule has 2 amide bonds. The van der Waals surface area contributed by atoms with Crippen LogP contribution in [0.2, 0.25) is 0 Å². The highest BCUT2D eigenvalue weighted by Crippen LogP contribution is 2.25. The third-order valence-corrected chi connectivity index (χ3v) is 2.89. The molecular weight excluding hydrogens is 232 g/mol. The Labute approximate surface area is 107 Å². The zero-order valence-corrected chi connectivity index (χ0v) is 10.7. The number of anilines is 1. The van der Waals surface area contributed by atoms with Gasteiger partial charge in [-0.3, -0.25) is 0 Å². The normalized spacial score (nSPS) is 15.3. The van der Waals surface area contributed by atoms with Gasteiger partial charge in [0.2, 0.25) is 0 Å². The van der Waals surface area contributed by atoms with Gasteiger partial charge in [0.25, 0.3) is 0 Å². The maximum atomic E-state index is 12.1. The fraction of sp³-hybridized carbons (Fsp3) is 0.462. The highest BCUT2D eigenvalue weighted by Gasteiger charge is 2.17. The topological polar surface area (TPSA) is 50.8 Å². The molecule has 0 radical (unpaired) electrons.